The highest BCUT2D eigenvalue weighted by molar-refractivity contribution is 5.37. The van der Waals surface area contributed by atoms with Gasteiger partial charge in [-0.1, -0.05) is 0 Å². The maximum atomic E-state index is 13.4. The van der Waals surface area contributed by atoms with Crippen LogP contribution in [0.1, 0.15) is 18.1 Å². The quantitative estimate of drug-likeness (QED) is 0.534. The highest BCUT2D eigenvalue weighted by Crippen LogP contribution is 2.27. The minimum absolute atomic E-state index is 0.237. The summed E-state index contributed by atoms with van der Waals surface area (Å²) in [7, 11) is 0. The van der Waals surface area contributed by atoms with Crippen LogP contribution in [0.2, 0.25) is 0 Å². The third-order valence-corrected chi connectivity index (χ3v) is 2.37. The number of hydrogen-bond acceptors (Lipinski definition) is 5. The maximum absolute atomic E-state index is 13.4. The first kappa shape index (κ1) is 14.4. The Labute approximate surface area is 100 Å². The van der Waals surface area contributed by atoms with E-state index in [2.05, 4.69) is 0 Å². The van der Waals surface area contributed by atoms with Gasteiger partial charge >= 0.3 is 5.69 Å². The average molecular weight is 263 g/mol. The number of hydrogen-bond donors (Lipinski definition) is 3. The lowest BCUT2D eigenvalue weighted by atomic mass is 10.0. The average Bonchev–Trinajstić information content (AvgIpc) is 2.30. The van der Waals surface area contributed by atoms with Crippen molar-refractivity contribution in [2.24, 2.45) is 0 Å². The molecule has 6 nitrogen and oxygen atoms in total. The van der Waals surface area contributed by atoms with Gasteiger partial charge in [0.1, 0.15) is 11.9 Å². The highest BCUT2D eigenvalue weighted by Gasteiger charge is 2.26. The van der Waals surface area contributed by atoms with Gasteiger partial charge in [-0.2, -0.15) is 4.39 Å². The van der Waals surface area contributed by atoms with Crippen LogP contribution in [0.4, 0.5) is 14.5 Å². The maximum Gasteiger partial charge on any atom is 0.307 e. The van der Waals surface area contributed by atoms with E-state index in [1.807, 2.05) is 0 Å². The van der Waals surface area contributed by atoms with Crippen LogP contribution in [0, 0.1) is 21.7 Å². The fourth-order valence-electron chi connectivity index (χ4n) is 1.42. The smallest absolute Gasteiger partial charge is 0.307 e. The fourth-order valence-corrected chi connectivity index (χ4v) is 1.42. The van der Waals surface area contributed by atoms with Crippen LogP contribution in [-0.2, 0) is 0 Å². The molecule has 8 heteroatoms. The Bertz CT molecular complexity index is 454. The lowest BCUT2D eigenvalue weighted by Crippen LogP contribution is -2.20. The number of aliphatic hydroxyl groups is 3. The second-order valence-electron chi connectivity index (χ2n) is 3.61. The number of halogens is 2. The molecule has 0 aliphatic heterocycles. The summed E-state index contributed by atoms with van der Waals surface area (Å²) >= 11 is 0. The zero-order chi connectivity index (χ0) is 13.9. The standard InChI is InChI=1S/C10H11F2NO5/c11-6-4-8(13(17)18)7(12)3-5(6)10(16)9(15)1-2-14/h3-4,9-10,14-16H,1-2H2. The molecular weight excluding hydrogens is 252 g/mol. The first-order chi connectivity index (χ1) is 8.38. The Morgan fingerprint density at radius 2 is 1.89 bits per heavy atom. The van der Waals surface area contributed by atoms with Crippen molar-refractivity contribution < 1.29 is 29.0 Å². The molecule has 0 aliphatic rings. The van der Waals surface area contributed by atoms with Crippen molar-refractivity contribution in [2.75, 3.05) is 6.61 Å². The normalized spacial score (nSPS) is 14.3. The van der Waals surface area contributed by atoms with Crippen molar-refractivity contribution in [3.63, 3.8) is 0 Å². The van der Waals surface area contributed by atoms with Crippen LogP contribution in [0.15, 0.2) is 12.1 Å². The number of nitro benzene ring substituents is 1. The van der Waals surface area contributed by atoms with Gasteiger partial charge in [-0.05, 0) is 12.5 Å². The van der Waals surface area contributed by atoms with Crippen molar-refractivity contribution >= 4 is 5.69 Å². The van der Waals surface area contributed by atoms with E-state index in [1.54, 1.807) is 0 Å². The first-order valence-electron chi connectivity index (χ1n) is 4.98. The summed E-state index contributed by atoms with van der Waals surface area (Å²) in [5.74, 6) is -2.51. The summed E-state index contributed by atoms with van der Waals surface area (Å²) < 4.78 is 26.7. The molecular formula is C10H11F2NO5. The van der Waals surface area contributed by atoms with E-state index in [0.717, 1.165) is 0 Å². The predicted molar refractivity (Wildman–Crippen MR) is 55.7 cm³/mol. The first-order valence-corrected chi connectivity index (χ1v) is 4.98. The van der Waals surface area contributed by atoms with E-state index in [1.165, 1.54) is 0 Å². The zero-order valence-corrected chi connectivity index (χ0v) is 9.08. The molecule has 0 radical (unpaired) electrons. The number of rotatable bonds is 5. The van der Waals surface area contributed by atoms with Gasteiger partial charge in [-0.3, -0.25) is 10.1 Å². The van der Waals surface area contributed by atoms with Crippen molar-refractivity contribution in [1.82, 2.24) is 0 Å². The van der Waals surface area contributed by atoms with Gasteiger partial charge in [-0.15, -0.1) is 0 Å². The molecule has 0 aliphatic carbocycles. The molecule has 18 heavy (non-hydrogen) atoms. The number of aliphatic hydroxyl groups excluding tert-OH is 3. The second kappa shape index (κ2) is 5.80. The minimum Gasteiger partial charge on any atom is -0.396 e. The third-order valence-electron chi connectivity index (χ3n) is 2.37. The number of benzene rings is 1. The molecule has 3 N–H and O–H groups in total. The molecule has 0 amide bonds. The summed E-state index contributed by atoms with van der Waals surface area (Å²) in [6, 6.07) is 0.790. The minimum atomic E-state index is -1.77. The van der Waals surface area contributed by atoms with E-state index in [-0.39, 0.29) is 6.42 Å². The van der Waals surface area contributed by atoms with Crippen molar-refractivity contribution in [3.8, 4) is 0 Å². The molecule has 1 aromatic carbocycles. The molecule has 1 rings (SSSR count). The zero-order valence-electron chi connectivity index (χ0n) is 9.08. The van der Waals surface area contributed by atoms with E-state index in [4.69, 9.17) is 5.11 Å². The topological polar surface area (TPSA) is 104 Å². The second-order valence-corrected chi connectivity index (χ2v) is 3.61. The third kappa shape index (κ3) is 2.97. The molecule has 0 saturated heterocycles. The summed E-state index contributed by atoms with van der Waals surface area (Å²) in [6.45, 7) is -0.449. The van der Waals surface area contributed by atoms with Crippen LogP contribution in [0.5, 0.6) is 0 Å². The van der Waals surface area contributed by atoms with E-state index < -0.39 is 46.6 Å². The molecule has 0 bridgehead atoms. The Morgan fingerprint density at radius 3 is 2.39 bits per heavy atom. The molecule has 1 aromatic rings. The number of nitro groups is 1. The fraction of sp³-hybridized carbons (Fsp3) is 0.400. The van der Waals surface area contributed by atoms with Crippen molar-refractivity contribution in [2.45, 2.75) is 18.6 Å². The van der Waals surface area contributed by atoms with Gasteiger partial charge in [0.05, 0.1) is 17.1 Å². The summed E-state index contributed by atoms with van der Waals surface area (Å²) in [5, 5.41) is 37.7. The molecule has 0 heterocycles. The monoisotopic (exact) mass is 263 g/mol. The Hall–Kier alpha value is -1.64. The van der Waals surface area contributed by atoms with Crippen LogP contribution in [0.3, 0.4) is 0 Å². The summed E-state index contributed by atoms with van der Waals surface area (Å²) in [5.41, 5.74) is -1.65. The van der Waals surface area contributed by atoms with E-state index in [9.17, 15) is 29.1 Å². The van der Waals surface area contributed by atoms with Crippen LogP contribution >= 0.6 is 0 Å². The number of nitrogens with zero attached hydrogens (tertiary/aromatic N) is 1. The molecule has 0 fully saturated rings. The van der Waals surface area contributed by atoms with Gasteiger partial charge in [0.15, 0.2) is 0 Å². The van der Waals surface area contributed by atoms with Crippen LogP contribution in [-0.4, -0.2) is 33.0 Å². The highest BCUT2D eigenvalue weighted by atomic mass is 19.1. The van der Waals surface area contributed by atoms with Crippen molar-refractivity contribution in [1.29, 1.82) is 0 Å². The lowest BCUT2D eigenvalue weighted by molar-refractivity contribution is -0.387. The van der Waals surface area contributed by atoms with Gasteiger partial charge in [0.2, 0.25) is 5.82 Å². The van der Waals surface area contributed by atoms with Crippen LogP contribution < -0.4 is 0 Å². The molecule has 0 aromatic heterocycles. The lowest BCUT2D eigenvalue weighted by Gasteiger charge is -2.17. The molecule has 100 valence electrons. The Morgan fingerprint density at radius 1 is 1.28 bits per heavy atom. The predicted octanol–water partition coefficient (Wildman–Crippen LogP) is 0.650. The molecule has 2 atom stereocenters. The van der Waals surface area contributed by atoms with Gasteiger partial charge in [0.25, 0.3) is 0 Å². The van der Waals surface area contributed by atoms with E-state index in [0.29, 0.717) is 12.1 Å². The van der Waals surface area contributed by atoms with Gasteiger partial charge < -0.3 is 15.3 Å². The van der Waals surface area contributed by atoms with Gasteiger partial charge in [-0.25, -0.2) is 4.39 Å². The summed E-state index contributed by atoms with van der Waals surface area (Å²) in [4.78, 5) is 9.25. The largest absolute Gasteiger partial charge is 0.396 e. The SMILES string of the molecule is O=[N+]([O-])c1cc(F)c(C(O)C(O)CCO)cc1F. The Kier molecular flexibility index (Phi) is 4.65. The molecule has 0 saturated carbocycles. The molecule has 0 spiro atoms. The summed E-state index contributed by atoms with van der Waals surface area (Å²) in [6.07, 6.45) is -3.50. The van der Waals surface area contributed by atoms with Gasteiger partial charge in [0, 0.05) is 12.2 Å². The molecule has 2 unspecified atom stereocenters. The van der Waals surface area contributed by atoms with E-state index >= 15 is 0 Å². The van der Waals surface area contributed by atoms with Crippen molar-refractivity contribution in [3.05, 3.63) is 39.4 Å². The Balaban J connectivity index is 3.11. The van der Waals surface area contributed by atoms with Crippen LogP contribution in [0.25, 0.3) is 0 Å².